The first kappa shape index (κ1) is 28.7. The van der Waals surface area contributed by atoms with Crippen LogP contribution in [0.3, 0.4) is 0 Å². The molecule has 0 bridgehead atoms. The number of rotatable bonds is 12. The number of ether oxygens (including phenoxy) is 1. The van der Waals surface area contributed by atoms with Crippen molar-refractivity contribution in [1.82, 2.24) is 15.1 Å². The Morgan fingerprint density at radius 1 is 1.10 bits per heavy atom. The number of unbranched alkanes of at least 4 members (excludes halogenated alkanes) is 1. The van der Waals surface area contributed by atoms with Gasteiger partial charge in [0, 0.05) is 18.7 Å². The van der Waals surface area contributed by atoms with Crippen molar-refractivity contribution in [2.24, 2.45) is 5.92 Å². The molecule has 0 aliphatic carbocycles. The molecule has 4 rings (SSSR count). The topological polar surface area (TPSA) is 95.9 Å². The number of anilines is 1. The van der Waals surface area contributed by atoms with Crippen LogP contribution in [0.4, 0.5) is 5.13 Å². The molecule has 0 radical (unpaired) electrons. The van der Waals surface area contributed by atoms with Gasteiger partial charge in [-0.2, -0.15) is 0 Å². The highest BCUT2D eigenvalue weighted by Crippen LogP contribution is 2.34. The maximum atomic E-state index is 13.2. The van der Waals surface area contributed by atoms with Gasteiger partial charge < -0.3 is 9.84 Å². The molecule has 1 saturated heterocycles. The van der Waals surface area contributed by atoms with Crippen LogP contribution in [0.5, 0.6) is 5.75 Å². The molecule has 0 spiro atoms. The zero-order valence-electron chi connectivity index (χ0n) is 23.1. The Hall–Kier alpha value is -3.30. The summed E-state index contributed by atoms with van der Waals surface area (Å²) >= 11 is 1.44. The second kappa shape index (κ2) is 13.7. The van der Waals surface area contributed by atoms with Gasteiger partial charge in [0.25, 0.3) is 0 Å². The van der Waals surface area contributed by atoms with Crippen molar-refractivity contribution in [3.05, 3.63) is 59.2 Å². The minimum atomic E-state index is -0.688. The lowest BCUT2D eigenvalue weighted by Gasteiger charge is -2.30. The molecule has 1 amide bonds. The summed E-state index contributed by atoms with van der Waals surface area (Å²) in [5, 5.41) is 19.4. The molecule has 0 unspecified atom stereocenters. The van der Waals surface area contributed by atoms with Crippen LogP contribution < -0.4 is 9.64 Å². The predicted molar refractivity (Wildman–Crippen MR) is 155 cm³/mol. The Balaban J connectivity index is 1.40. The van der Waals surface area contributed by atoms with Crippen LogP contribution in [0.2, 0.25) is 0 Å². The maximum absolute atomic E-state index is 13.2. The number of carbonyl (C=O) groups excluding carboxylic acids is 1. The second-order valence-corrected chi connectivity index (χ2v) is 11.1. The summed E-state index contributed by atoms with van der Waals surface area (Å²) < 4.78 is 6.17. The highest BCUT2D eigenvalue weighted by Gasteiger charge is 2.24. The molecule has 1 N–H and O–H groups in total. The minimum absolute atomic E-state index is 0.0284. The third kappa shape index (κ3) is 7.64. The van der Waals surface area contributed by atoms with Crippen molar-refractivity contribution in [1.29, 1.82) is 0 Å². The Labute approximate surface area is 234 Å². The van der Waals surface area contributed by atoms with Crippen LogP contribution in [0.25, 0.3) is 10.6 Å². The van der Waals surface area contributed by atoms with Gasteiger partial charge in [-0.05, 0) is 75.0 Å². The van der Waals surface area contributed by atoms with E-state index < -0.39 is 5.97 Å². The number of carbonyl (C=O) groups is 2. The Kier molecular flexibility index (Phi) is 10.1. The number of aromatic nitrogens is 2. The van der Waals surface area contributed by atoms with Gasteiger partial charge in [-0.25, -0.2) is 0 Å². The SMILES string of the molecule is CCCCN(C(=O)Cc1ccccc1)c1nnc(-c2cc(C)c(OCCN3CCC(C(=O)O)CC3)c(C)c2)s1. The summed E-state index contributed by atoms with van der Waals surface area (Å²) in [6.45, 7) is 9.71. The third-order valence-electron chi connectivity index (χ3n) is 7.18. The van der Waals surface area contributed by atoms with E-state index >= 15 is 0 Å². The molecule has 1 aromatic heterocycles. The van der Waals surface area contributed by atoms with Gasteiger partial charge in [-0.3, -0.25) is 19.4 Å². The number of aryl methyl sites for hydroxylation is 2. The van der Waals surface area contributed by atoms with E-state index in [0.717, 1.165) is 65.5 Å². The predicted octanol–water partition coefficient (Wildman–Crippen LogP) is 5.37. The number of amides is 1. The van der Waals surface area contributed by atoms with Crippen LogP contribution in [-0.4, -0.2) is 64.9 Å². The monoisotopic (exact) mass is 550 g/mol. The molecular formula is C30H38N4O4S. The van der Waals surface area contributed by atoms with Gasteiger partial charge in [-0.15, -0.1) is 10.2 Å². The lowest BCUT2D eigenvalue weighted by Crippen LogP contribution is -2.38. The summed E-state index contributed by atoms with van der Waals surface area (Å²) in [4.78, 5) is 28.4. The third-order valence-corrected chi connectivity index (χ3v) is 8.17. The Morgan fingerprint density at radius 2 is 1.79 bits per heavy atom. The largest absolute Gasteiger partial charge is 0.492 e. The minimum Gasteiger partial charge on any atom is -0.492 e. The van der Waals surface area contributed by atoms with Crippen molar-refractivity contribution in [3.8, 4) is 16.3 Å². The summed E-state index contributed by atoms with van der Waals surface area (Å²) in [6, 6.07) is 13.9. The highest BCUT2D eigenvalue weighted by atomic mass is 32.1. The zero-order valence-corrected chi connectivity index (χ0v) is 23.9. The molecule has 3 aromatic rings. The van der Waals surface area contributed by atoms with E-state index in [1.54, 1.807) is 4.90 Å². The number of nitrogens with zero attached hydrogens (tertiary/aromatic N) is 4. The molecule has 0 atom stereocenters. The molecule has 9 heteroatoms. The lowest BCUT2D eigenvalue weighted by molar-refractivity contribution is -0.143. The van der Waals surface area contributed by atoms with Gasteiger partial charge in [-0.1, -0.05) is 55.0 Å². The summed E-state index contributed by atoms with van der Waals surface area (Å²) in [5.41, 5.74) is 3.99. The van der Waals surface area contributed by atoms with Crippen molar-refractivity contribution in [2.45, 2.75) is 52.9 Å². The van der Waals surface area contributed by atoms with Crippen molar-refractivity contribution in [3.63, 3.8) is 0 Å². The number of hydrogen-bond donors (Lipinski definition) is 1. The number of piperidine rings is 1. The van der Waals surface area contributed by atoms with Gasteiger partial charge >= 0.3 is 5.97 Å². The quantitative estimate of drug-likeness (QED) is 0.324. The maximum Gasteiger partial charge on any atom is 0.306 e. The fourth-order valence-electron chi connectivity index (χ4n) is 4.93. The van der Waals surface area contributed by atoms with Crippen LogP contribution in [0.15, 0.2) is 42.5 Å². The normalized spacial score (nSPS) is 14.3. The molecule has 208 valence electrons. The van der Waals surface area contributed by atoms with Crippen LogP contribution in [0, 0.1) is 19.8 Å². The highest BCUT2D eigenvalue weighted by molar-refractivity contribution is 7.18. The van der Waals surface area contributed by atoms with Gasteiger partial charge in [0.05, 0.1) is 12.3 Å². The molecule has 2 heterocycles. The Morgan fingerprint density at radius 3 is 2.44 bits per heavy atom. The van der Waals surface area contributed by atoms with Crippen LogP contribution >= 0.6 is 11.3 Å². The first-order valence-electron chi connectivity index (χ1n) is 13.7. The molecule has 1 fully saturated rings. The van der Waals surface area contributed by atoms with E-state index in [0.29, 0.717) is 37.5 Å². The number of aliphatic carboxylic acids is 1. The average Bonchev–Trinajstić information content (AvgIpc) is 3.41. The first-order chi connectivity index (χ1) is 18.9. The van der Waals surface area contributed by atoms with E-state index in [1.807, 2.05) is 44.2 Å². The summed E-state index contributed by atoms with van der Waals surface area (Å²) in [5.74, 6) is -0.0137. The van der Waals surface area contributed by atoms with Crippen LogP contribution in [-0.2, 0) is 16.0 Å². The summed E-state index contributed by atoms with van der Waals surface area (Å²) in [6.07, 6.45) is 3.61. The molecular weight excluding hydrogens is 512 g/mol. The smallest absolute Gasteiger partial charge is 0.306 e. The van der Waals surface area contributed by atoms with Crippen molar-refractivity contribution >= 4 is 28.3 Å². The van der Waals surface area contributed by atoms with Gasteiger partial charge in [0.2, 0.25) is 11.0 Å². The first-order valence-corrected chi connectivity index (χ1v) is 14.5. The fourth-order valence-corrected chi connectivity index (χ4v) is 5.81. The Bertz CT molecular complexity index is 1230. The molecule has 1 aliphatic heterocycles. The molecule has 1 aliphatic rings. The van der Waals surface area contributed by atoms with E-state index in [-0.39, 0.29) is 11.8 Å². The number of hydrogen-bond acceptors (Lipinski definition) is 7. The standard InChI is InChI=1S/C30H38N4O4S/c1-4-5-13-34(26(35)20-23-9-7-6-8-10-23)30-32-31-28(39-30)25-18-21(2)27(22(3)19-25)38-17-16-33-14-11-24(12-15-33)29(36)37/h6-10,18-19,24H,4-5,11-17,20H2,1-3H3,(H,36,37). The van der Waals surface area contributed by atoms with Gasteiger partial charge in [0.15, 0.2) is 0 Å². The van der Waals surface area contributed by atoms with E-state index in [9.17, 15) is 14.7 Å². The number of carboxylic acids is 1. The number of carboxylic acid groups (broad SMARTS) is 1. The van der Waals surface area contributed by atoms with E-state index in [2.05, 4.69) is 34.2 Å². The van der Waals surface area contributed by atoms with Gasteiger partial charge in [0.1, 0.15) is 17.4 Å². The molecule has 39 heavy (non-hydrogen) atoms. The lowest BCUT2D eigenvalue weighted by atomic mass is 9.97. The number of benzene rings is 2. The zero-order chi connectivity index (χ0) is 27.8. The van der Waals surface area contributed by atoms with Crippen molar-refractivity contribution in [2.75, 3.05) is 37.7 Å². The van der Waals surface area contributed by atoms with Crippen molar-refractivity contribution < 1.29 is 19.4 Å². The van der Waals surface area contributed by atoms with E-state index in [4.69, 9.17) is 4.74 Å². The van der Waals surface area contributed by atoms with E-state index in [1.165, 1.54) is 11.3 Å². The molecule has 2 aromatic carbocycles. The molecule has 8 nitrogen and oxygen atoms in total. The molecule has 0 saturated carbocycles. The number of likely N-dealkylation sites (tertiary alicyclic amines) is 1. The fraction of sp³-hybridized carbons (Fsp3) is 0.467. The average molecular weight is 551 g/mol. The summed E-state index contributed by atoms with van der Waals surface area (Å²) in [7, 11) is 0. The second-order valence-electron chi connectivity index (χ2n) is 10.2. The van der Waals surface area contributed by atoms with Crippen LogP contribution in [0.1, 0.15) is 49.3 Å².